The highest BCUT2D eigenvalue weighted by molar-refractivity contribution is 6.10. The van der Waals surface area contributed by atoms with Crippen molar-refractivity contribution in [2.75, 3.05) is 0 Å². The second kappa shape index (κ2) is 22.7. The minimum Gasteiger partial charge on any atom is -0.456 e. The zero-order chi connectivity index (χ0) is 62.0. The summed E-state index contributed by atoms with van der Waals surface area (Å²) in [5.41, 5.74) is 24.5. The Labute approximate surface area is 536 Å². The molecule has 0 radical (unpaired) electrons. The van der Waals surface area contributed by atoms with Gasteiger partial charge in [-0.2, -0.15) is 0 Å². The van der Waals surface area contributed by atoms with Crippen molar-refractivity contribution in [1.29, 1.82) is 0 Å². The summed E-state index contributed by atoms with van der Waals surface area (Å²) in [6.45, 7) is 4.61. The summed E-state index contributed by atoms with van der Waals surface area (Å²) in [4.78, 5) is 29.4. The van der Waals surface area contributed by atoms with Gasteiger partial charge >= 0.3 is 0 Å². The Hall–Kier alpha value is -12.3. The molecule has 0 amide bonds. The third-order valence-electron chi connectivity index (χ3n) is 18.2. The van der Waals surface area contributed by atoms with Crippen LogP contribution in [0.25, 0.3) is 167 Å². The number of rotatable bonds is 9. The van der Waals surface area contributed by atoms with Gasteiger partial charge in [-0.05, 0) is 146 Å². The molecule has 17 aromatic rings. The Morgan fingerprint density at radius 1 is 0.269 bits per heavy atom. The molecule has 18 rings (SSSR count). The molecule has 93 heavy (non-hydrogen) atoms. The summed E-state index contributed by atoms with van der Waals surface area (Å²) in [6, 6.07) is 97.1. The molecule has 6 aromatic heterocycles. The van der Waals surface area contributed by atoms with Crippen molar-refractivity contribution in [3.05, 3.63) is 315 Å². The lowest BCUT2D eigenvalue weighted by Crippen LogP contribution is -2.15. The molecule has 0 spiro atoms. The lowest BCUT2D eigenvalue weighted by Gasteiger charge is -2.22. The molecule has 0 bridgehead atoms. The highest BCUT2D eigenvalue weighted by atomic mass is 16.3. The van der Waals surface area contributed by atoms with E-state index in [1.807, 2.05) is 73.2 Å². The molecular formula is C85H56N6O2. The van der Waals surface area contributed by atoms with Crippen LogP contribution in [0.15, 0.2) is 313 Å². The zero-order valence-electron chi connectivity index (χ0n) is 50.9. The number of aromatic nitrogens is 6. The lowest BCUT2D eigenvalue weighted by molar-refractivity contribution is 0.660. The van der Waals surface area contributed by atoms with Crippen LogP contribution in [-0.2, 0) is 5.41 Å². The summed E-state index contributed by atoms with van der Waals surface area (Å²) in [5.74, 6) is 1.35. The van der Waals surface area contributed by atoms with Crippen molar-refractivity contribution in [3.8, 4) is 112 Å². The highest BCUT2D eigenvalue weighted by Crippen LogP contribution is 2.50. The maximum Gasteiger partial charge on any atom is 0.160 e. The first-order valence-corrected chi connectivity index (χ1v) is 31.3. The summed E-state index contributed by atoms with van der Waals surface area (Å²) in [6.07, 6.45) is 7.34. The molecule has 8 nitrogen and oxygen atoms in total. The molecule has 0 saturated heterocycles. The van der Waals surface area contributed by atoms with Gasteiger partial charge in [0.2, 0.25) is 0 Å². The molecule has 438 valence electrons. The fourth-order valence-electron chi connectivity index (χ4n) is 13.5. The molecule has 1 aliphatic carbocycles. The van der Waals surface area contributed by atoms with Crippen molar-refractivity contribution in [1.82, 2.24) is 29.9 Å². The van der Waals surface area contributed by atoms with Crippen LogP contribution in [0, 0.1) is 0 Å². The topological polar surface area (TPSA) is 104 Å². The lowest BCUT2D eigenvalue weighted by atomic mass is 9.82. The second-order valence-corrected chi connectivity index (χ2v) is 24.2. The number of fused-ring (bicyclic) bond motifs is 10. The van der Waals surface area contributed by atoms with Gasteiger partial charge in [-0.1, -0.05) is 208 Å². The van der Waals surface area contributed by atoms with Gasteiger partial charge in [0.15, 0.2) is 11.6 Å². The SMILES string of the molecule is CC1(C)c2ccccc2-c2ccc(-c3nc(-c4ccc5oc6ccccc6c5c4)cc(-c4ccccc4-c4ccncc4)n3)cc21.c1cncc(-c2cccc(-c3cc(-c4cccc5c4oc4ccccc45)nc(-c4ccc(-c5ccc6ccccc6c5)cc4)n3)c2)c1. The average molecular weight is 1190 g/mol. The zero-order valence-corrected chi connectivity index (χ0v) is 50.9. The largest absolute Gasteiger partial charge is 0.456 e. The molecule has 0 saturated carbocycles. The molecule has 0 N–H and O–H groups in total. The standard InChI is InChI=1S/C43H27N3O.C42H29N3O/c1-2-9-31-24-33(22-19-28(31)8-1)29-17-20-30(21-18-29)43-45-39(34-11-5-10-32(25-34)35-12-7-23-44-27-35)26-40(46-43)38-15-6-14-37-36-13-3-4-16-41(36)47-42(37)38;1-42(2)35-13-7-5-10-30(35)31-17-15-28(24-36(31)42)41-44-37(27-16-18-40-34(23-27)33-12-6-8-14-39(33)46-40)25-38(45-41)32-11-4-3-9-29(32)26-19-21-43-22-20-26/h1-27H;3-25H,1-2H3. The number of furan rings is 2. The predicted octanol–water partition coefficient (Wildman–Crippen LogP) is 22.0. The first-order valence-electron chi connectivity index (χ1n) is 31.3. The number of nitrogens with zero attached hydrogens (tertiary/aromatic N) is 6. The van der Waals surface area contributed by atoms with Gasteiger partial charge in [0.05, 0.1) is 22.8 Å². The van der Waals surface area contributed by atoms with Crippen LogP contribution in [0.5, 0.6) is 0 Å². The number of hydrogen-bond donors (Lipinski definition) is 0. The minimum atomic E-state index is -0.121. The molecule has 0 aliphatic heterocycles. The Morgan fingerprint density at radius 3 is 1.61 bits per heavy atom. The van der Waals surface area contributed by atoms with Crippen LogP contribution in [0.3, 0.4) is 0 Å². The molecular weight excluding hydrogens is 1140 g/mol. The predicted molar refractivity (Wildman–Crippen MR) is 378 cm³/mol. The summed E-state index contributed by atoms with van der Waals surface area (Å²) >= 11 is 0. The van der Waals surface area contributed by atoms with Crippen LogP contribution < -0.4 is 0 Å². The number of para-hydroxylation sites is 3. The normalized spacial score (nSPS) is 12.3. The van der Waals surface area contributed by atoms with Gasteiger partial charge in [0, 0.05) is 90.7 Å². The smallest absolute Gasteiger partial charge is 0.160 e. The number of benzene rings is 11. The molecule has 11 aromatic carbocycles. The maximum absolute atomic E-state index is 6.43. The maximum atomic E-state index is 6.43. The Morgan fingerprint density at radius 2 is 0.817 bits per heavy atom. The Kier molecular flexibility index (Phi) is 13.4. The first kappa shape index (κ1) is 54.9. The van der Waals surface area contributed by atoms with E-state index in [0.717, 1.165) is 128 Å². The van der Waals surface area contributed by atoms with E-state index >= 15 is 0 Å². The highest BCUT2D eigenvalue weighted by Gasteiger charge is 2.35. The Bertz CT molecular complexity index is 5740. The van der Waals surface area contributed by atoms with E-state index in [2.05, 4.69) is 248 Å². The van der Waals surface area contributed by atoms with Crippen molar-refractivity contribution >= 4 is 54.6 Å². The van der Waals surface area contributed by atoms with Crippen LogP contribution in [0.1, 0.15) is 25.0 Å². The fourth-order valence-corrected chi connectivity index (χ4v) is 13.5. The van der Waals surface area contributed by atoms with Crippen LogP contribution in [0.4, 0.5) is 0 Å². The second-order valence-electron chi connectivity index (χ2n) is 24.2. The number of pyridine rings is 2. The van der Waals surface area contributed by atoms with Gasteiger partial charge < -0.3 is 8.83 Å². The van der Waals surface area contributed by atoms with Gasteiger partial charge in [-0.3, -0.25) is 9.97 Å². The quantitative estimate of drug-likeness (QED) is 0.141. The van der Waals surface area contributed by atoms with E-state index in [1.165, 1.54) is 38.6 Å². The fraction of sp³-hybridized carbons (Fsp3) is 0.0353. The van der Waals surface area contributed by atoms with Crippen molar-refractivity contribution in [2.24, 2.45) is 0 Å². The third kappa shape index (κ3) is 9.98. The molecule has 0 unspecified atom stereocenters. The van der Waals surface area contributed by atoms with Crippen LogP contribution in [-0.4, -0.2) is 29.9 Å². The minimum absolute atomic E-state index is 0.121. The summed E-state index contributed by atoms with van der Waals surface area (Å²) < 4.78 is 12.6. The first-order chi connectivity index (χ1) is 45.8. The van der Waals surface area contributed by atoms with Gasteiger partial charge in [-0.15, -0.1) is 0 Å². The van der Waals surface area contributed by atoms with Crippen molar-refractivity contribution in [2.45, 2.75) is 19.3 Å². The molecule has 0 fully saturated rings. The van der Waals surface area contributed by atoms with Gasteiger partial charge in [0.1, 0.15) is 22.3 Å². The monoisotopic (exact) mass is 1190 g/mol. The van der Waals surface area contributed by atoms with Gasteiger partial charge in [0.25, 0.3) is 0 Å². The third-order valence-corrected chi connectivity index (χ3v) is 18.2. The molecule has 1 aliphatic rings. The van der Waals surface area contributed by atoms with Crippen LogP contribution >= 0.6 is 0 Å². The summed E-state index contributed by atoms with van der Waals surface area (Å²) in [7, 11) is 0. The van der Waals surface area contributed by atoms with E-state index in [4.69, 9.17) is 28.8 Å². The summed E-state index contributed by atoms with van der Waals surface area (Å²) in [5, 5.41) is 6.78. The van der Waals surface area contributed by atoms with Crippen molar-refractivity contribution < 1.29 is 8.83 Å². The van der Waals surface area contributed by atoms with E-state index in [-0.39, 0.29) is 5.41 Å². The van der Waals surface area contributed by atoms with Gasteiger partial charge in [-0.25, -0.2) is 19.9 Å². The molecule has 0 atom stereocenters. The van der Waals surface area contributed by atoms with E-state index in [9.17, 15) is 0 Å². The molecule has 8 heteroatoms. The Balaban J connectivity index is 0.000000142. The number of hydrogen-bond acceptors (Lipinski definition) is 8. The van der Waals surface area contributed by atoms with E-state index in [1.54, 1.807) is 6.20 Å². The van der Waals surface area contributed by atoms with E-state index < -0.39 is 0 Å². The average Bonchev–Trinajstić information content (AvgIpc) is 1.65. The molecule has 6 heterocycles. The van der Waals surface area contributed by atoms with Crippen molar-refractivity contribution in [3.63, 3.8) is 0 Å². The van der Waals surface area contributed by atoms with E-state index in [0.29, 0.717) is 11.6 Å². The van der Waals surface area contributed by atoms with Crippen LogP contribution in [0.2, 0.25) is 0 Å².